The van der Waals surface area contributed by atoms with Gasteiger partial charge in [0.1, 0.15) is 5.52 Å². The average Bonchev–Trinajstić information content (AvgIpc) is 3.58. The van der Waals surface area contributed by atoms with E-state index in [4.69, 9.17) is 11.6 Å². The molecule has 0 radical (unpaired) electrons. The van der Waals surface area contributed by atoms with E-state index in [1.165, 1.54) is 5.69 Å². The highest BCUT2D eigenvalue weighted by molar-refractivity contribution is 6.30. The molecule has 1 aromatic heterocycles. The first kappa shape index (κ1) is 21.4. The van der Waals surface area contributed by atoms with Crippen LogP contribution < -0.4 is 4.90 Å². The number of amides is 2. The van der Waals surface area contributed by atoms with Crippen molar-refractivity contribution in [2.75, 3.05) is 44.2 Å². The van der Waals surface area contributed by atoms with Crippen molar-refractivity contribution >= 4 is 40.1 Å². The van der Waals surface area contributed by atoms with Crippen molar-refractivity contribution in [3.63, 3.8) is 0 Å². The lowest BCUT2D eigenvalue weighted by Crippen LogP contribution is -2.43. The number of carbonyl (C=O) groups is 2. The minimum Gasteiger partial charge on any atom is -0.371 e. The highest BCUT2D eigenvalue weighted by Crippen LogP contribution is 2.34. The predicted molar refractivity (Wildman–Crippen MR) is 130 cm³/mol. The number of aromatic amines is 1. The summed E-state index contributed by atoms with van der Waals surface area (Å²) in [6, 6.07) is 13.4. The Morgan fingerprint density at radius 2 is 1.59 bits per heavy atom. The zero-order chi connectivity index (χ0) is 23.2. The molecule has 0 aliphatic carbocycles. The van der Waals surface area contributed by atoms with Crippen LogP contribution >= 0.6 is 11.6 Å². The first-order valence-corrected chi connectivity index (χ1v) is 12.3. The average molecular weight is 479 g/mol. The maximum atomic E-state index is 13.2. The van der Waals surface area contributed by atoms with Gasteiger partial charge in [-0.15, -0.1) is 5.10 Å². The van der Waals surface area contributed by atoms with Gasteiger partial charge in [-0.3, -0.25) is 14.7 Å². The number of benzene rings is 2. The minimum absolute atomic E-state index is 0.0340. The Morgan fingerprint density at radius 3 is 2.29 bits per heavy atom. The molecule has 3 aromatic rings. The number of hydrogen-bond donors (Lipinski definition) is 1. The number of anilines is 1. The molecule has 9 heteroatoms. The smallest absolute Gasteiger partial charge is 0.253 e. The molecule has 2 unspecified atom stereocenters. The standard InChI is InChI=1S/C25H27ClN6O2/c26-20-2-4-21(5-3-20)30-9-7-16(8-10-30)24(33)31-12-18-14-32(15-19(18)13-31)25(34)17-1-6-22-23(11-17)28-29-27-22/h1-6,11,16,18-19H,7-10,12-15H2,(H,27,28,29). The van der Waals surface area contributed by atoms with Crippen LogP contribution in [0.4, 0.5) is 5.69 Å². The summed E-state index contributed by atoms with van der Waals surface area (Å²) in [6.07, 6.45) is 1.75. The van der Waals surface area contributed by atoms with Crippen LogP contribution in [0.5, 0.6) is 0 Å². The molecule has 0 spiro atoms. The second kappa shape index (κ2) is 8.58. The van der Waals surface area contributed by atoms with E-state index in [0.29, 0.717) is 41.9 Å². The van der Waals surface area contributed by atoms with E-state index in [-0.39, 0.29) is 11.8 Å². The van der Waals surface area contributed by atoms with Crippen molar-refractivity contribution < 1.29 is 9.59 Å². The highest BCUT2D eigenvalue weighted by atomic mass is 35.5. The fourth-order valence-corrected chi connectivity index (χ4v) is 5.92. The number of carbonyl (C=O) groups excluding carboxylic acids is 2. The van der Waals surface area contributed by atoms with Gasteiger partial charge in [0.2, 0.25) is 5.91 Å². The number of fused-ring (bicyclic) bond motifs is 2. The number of likely N-dealkylation sites (tertiary alicyclic amines) is 2. The molecule has 34 heavy (non-hydrogen) atoms. The van der Waals surface area contributed by atoms with Gasteiger partial charge in [0.15, 0.2) is 0 Å². The van der Waals surface area contributed by atoms with Crippen LogP contribution in [0.15, 0.2) is 42.5 Å². The van der Waals surface area contributed by atoms with E-state index < -0.39 is 0 Å². The molecular formula is C25H27ClN6O2. The Kier molecular flexibility index (Phi) is 5.40. The fraction of sp³-hybridized carbons (Fsp3) is 0.440. The van der Waals surface area contributed by atoms with E-state index in [1.807, 2.05) is 41.3 Å². The Bertz CT molecular complexity index is 1210. The molecule has 2 aromatic carbocycles. The predicted octanol–water partition coefficient (Wildman–Crippen LogP) is 3.06. The lowest BCUT2D eigenvalue weighted by Gasteiger charge is -2.35. The van der Waals surface area contributed by atoms with Gasteiger partial charge in [-0.25, -0.2) is 0 Å². The van der Waals surface area contributed by atoms with Gasteiger partial charge in [-0.2, -0.15) is 0 Å². The van der Waals surface area contributed by atoms with Crippen LogP contribution in [0, 0.1) is 17.8 Å². The van der Waals surface area contributed by atoms with Crippen LogP contribution in [-0.2, 0) is 4.79 Å². The summed E-state index contributed by atoms with van der Waals surface area (Å²) >= 11 is 6.01. The molecule has 4 heterocycles. The van der Waals surface area contributed by atoms with Crippen molar-refractivity contribution in [3.05, 3.63) is 53.1 Å². The van der Waals surface area contributed by atoms with Gasteiger partial charge in [-0.1, -0.05) is 16.8 Å². The summed E-state index contributed by atoms with van der Waals surface area (Å²) in [5.41, 5.74) is 3.33. The lowest BCUT2D eigenvalue weighted by molar-refractivity contribution is -0.135. The maximum Gasteiger partial charge on any atom is 0.253 e. The van der Waals surface area contributed by atoms with Crippen molar-refractivity contribution in [2.24, 2.45) is 17.8 Å². The fourth-order valence-electron chi connectivity index (χ4n) is 5.79. The molecule has 0 bridgehead atoms. The largest absolute Gasteiger partial charge is 0.371 e. The number of piperidine rings is 1. The molecule has 6 rings (SSSR count). The topological polar surface area (TPSA) is 85.4 Å². The van der Waals surface area contributed by atoms with Gasteiger partial charge >= 0.3 is 0 Å². The van der Waals surface area contributed by atoms with Crippen LogP contribution in [0.3, 0.4) is 0 Å². The summed E-state index contributed by atoms with van der Waals surface area (Å²) in [6.45, 7) is 4.70. The first-order chi connectivity index (χ1) is 16.5. The van der Waals surface area contributed by atoms with Gasteiger partial charge in [0, 0.05) is 73.3 Å². The van der Waals surface area contributed by atoms with Crippen LogP contribution in [-0.4, -0.2) is 76.3 Å². The Hall–Kier alpha value is -3.13. The van der Waals surface area contributed by atoms with Crippen molar-refractivity contribution in [3.8, 4) is 0 Å². The third-order valence-corrected chi connectivity index (χ3v) is 7.95. The van der Waals surface area contributed by atoms with Crippen molar-refractivity contribution in [1.82, 2.24) is 25.2 Å². The molecule has 0 saturated carbocycles. The highest BCUT2D eigenvalue weighted by Gasteiger charge is 2.44. The summed E-state index contributed by atoms with van der Waals surface area (Å²) < 4.78 is 0. The Morgan fingerprint density at radius 1 is 0.912 bits per heavy atom. The Balaban J connectivity index is 1.03. The van der Waals surface area contributed by atoms with Crippen LogP contribution in [0.2, 0.25) is 5.02 Å². The summed E-state index contributed by atoms with van der Waals surface area (Å²) in [5, 5.41) is 11.4. The number of aromatic nitrogens is 3. The SMILES string of the molecule is O=C(c1ccc2[nH]nnc2c1)N1CC2CN(C(=O)C3CCN(c4ccc(Cl)cc4)CC3)CC2C1. The molecule has 3 fully saturated rings. The van der Waals surface area contributed by atoms with Gasteiger partial charge in [0.05, 0.1) is 5.52 Å². The van der Waals surface area contributed by atoms with Gasteiger partial charge in [-0.05, 0) is 55.3 Å². The third-order valence-electron chi connectivity index (χ3n) is 7.69. The Labute approximate surface area is 202 Å². The summed E-state index contributed by atoms with van der Waals surface area (Å²) in [5.74, 6) is 1.14. The minimum atomic E-state index is 0.0340. The van der Waals surface area contributed by atoms with Crippen molar-refractivity contribution in [2.45, 2.75) is 12.8 Å². The van der Waals surface area contributed by atoms with Crippen LogP contribution in [0.25, 0.3) is 11.0 Å². The quantitative estimate of drug-likeness (QED) is 0.625. The maximum absolute atomic E-state index is 13.2. The molecule has 3 aliphatic heterocycles. The molecule has 1 N–H and O–H groups in total. The molecular weight excluding hydrogens is 452 g/mol. The number of rotatable bonds is 3. The third kappa shape index (κ3) is 3.90. The van der Waals surface area contributed by atoms with E-state index in [0.717, 1.165) is 49.6 Å². The molecule has 8 nitrogen and oxygen atoms in total. The van der Waals surface area contributed by atoms with Crippen LogP contribution in [0.1, 0.15) is 23.2 Å². The van der Waals surface area contributed by atoms with E-state index in [1.54, 1.807) is 6.07 Å². The molecule has 176 valence electrons. The second-order valence-electron chi connectivity index (χ2n) is 9.75. The molecule has 3 saturated heterocycles. The van der Waals surface area contributed by atoms with E-state index >= 15 is 0 Å². The number of H-pyrrole nitrogens is 1. The first-order valence-electron chi connectivity index (χ1n) is 11.9. The summed E-state index contributed by atoms with van der Waals surface area (Å²) in [4.78, 5) is 32.6. The molecule has 3 aliphatic rings. The zero-order valence-corrected chi connectivity index (χ0v) is 19.6. The molecule has 2 atom stereocenters. The van der Waals surface area contributed by atoms with Gasteiger partial charge in [0.25, 0.3) is 5.91 Å². The normalized spacial score (nSPS) is 23.0. The monoisotopic (exact) mass is 478 g/mol. The summed E-state index contributed by atoms with van der Waals surface area (Å²) in [7, 11) is 0. The second-order valence-corrected chi connectivity index (χ2v) is 10.2. The van der Waals surface area contributed by atoms with E-state index in [2.05, 4.69) is 25.2 Å². The number of nitrogens with one attached hydrogen (secondary N) is 1. The number of nitrogens with zero attached hydrogens (tertiary/aromatic N) is 5. The molecule has 2 amide bonds. The number of hydrogen-bond acceptors (Lipinski definition) is 5. The van der Waals surface area contributed by atoms with Gasteiger partial charge < -0.3 is 14.7 Å². The zero-order valence-electron chi connectivity index (χ0n) is 18.9. The lowest BCUT2D eigenvalue weighted by atomic mass is 9.95. The van der Waals surface area contributed by atoms with E-state index in [9.17, 15) is 9.59 Å². The van der Waals surface area contributed by atoms with Crippen molar-refractivity contribution in [1.29, 1.82) is 0 Å². The number of halogens is 1.